The van der Waals surface area contributed by atoms with E-state index in [4.69, 9.17) is 10.8 Å². The summed E-state index contributed by atoms with van der Waals surface area (Å²) in [4.78, 5) is 8.19. The van der Waals surface area contributed by atoms with Gasteiger partial charge in [-0.1, -0.05) is 0 Å². The number of aryl methyl sites for hydroxylation is 1. The minimum atomic E-state index is 0.263. The maximum atomic E-state index is 8.60. The Labute approximate surface area is 89.7 Å². The number of unbranched alkanes of at least 4 members (excludes halogenated alkanes) is 2. The molecule has 5 heteroatoms. The van der Waals surface area contributed by atoms with Gasteiger partial charge in [0.25, 0.3) is 0 Å². The highest BCUT2D eigenvalue weighted by molar-refractivity contribution is 5.44. The normalized spacial score (nSPS) is 10.3. The number of nitrogens with two attached hydrogens (primary N) is 1. The average Bonchev–Trinajstić information content (AvgIpc) is 2.16. The molecule has 0 unspecified atom stereocenters. The third kappa shape index (κ3) is 4.60. The van der Waals surface area contributed by atoms with Crippen LogP contribution in [0.1, 0.15) is 25.1 Å². The first-order chi connectivity index (χ1) is 7.22. The van der Waals surface area contributed by atoms with Crippen molar-refractivity contribution in [1.29, 1.82) is 0 Å². The van der Waals surface area contributed by atoms with Gasteiger partial charge >= 0.3 is 0 Å². The zero-order chi connectivity index (χ0) is 11.1. The summed E-state index contributed by atoms with van der Waals surface area (Å²) in [7, 11) is 0. The first-order valence-electron chi connectivity index (χ1n) is 5.18. The molecule has 84 valence electrons. The Morgan fingerprint density at radius 2 is 2.13 bits per heavy atom. The van der Waals surface area contributed by atoms with Crippen LogP contribution in [0.5, 0.6) is 0 Å². The quantitative estimate of drug-likeness (QED) is 0.609. The van der Waals surface area contributed by atoms with E-state index in [0.29, 0.717) is 11.6 Å². The molecular weight excluding hydrogens is 192 g/mol. The van der Waals surface area contributed by atoms with Crippen LogP contribution in [-0.4, -0.2) is 28.2 Å². The predicted octanol–water partition coefficient (Wildman–Crippen LogP) is 0.942. The number of anilines is 2. The Hall–Kier alpha value is -1.36. The van der Waals surface area contributed by atoms with Gasteiger partial charge in [0.2, 0.25) is 0 Å². The highest BCUT2D eigenvalue weighted by Crippen LogP contribution is 2.07. The molecule has 4 N–H and O–H groups in total. The molecular formula is C10H18N4O. The number of nitrogens with zero attached hydrogens (tertiary/aromatic N) is 2. The van der Waals surface area contributed by atoms with Crippen LogP contribution < -0.4 is 11.1 Å². The van der Waals surface area contributed by atoms with Gasteiger partial charge in [0.15, 0.2) is 0 Å². The van der Waals surface area contributed by atoms with Crippen LogP contribution in [-0.2, 0) is 0 Å². The van der Waals surface area contributed by atoms with Crippen LogP contribution in [0.25, 0.3) is 0 Å². The number of rotatable bonds is 6. The molecule has 0 aliphatic heterocycles. The molecule has 0 amide bonds. The van der Waals surface area contributed by atoms with Crippen molar-refractivity contribution in [2.45, 2.75) is 26.2 Å². The third-order valence-electron chi connectivity index (χ3n) is 2.00. The third-order valence-corrected chi connectivity index (χ3v) is 2.00. The van der Waals surface area contributed by atoms with Gasteiger partial charge in [0, 0.05) is 19.2 Å². The van der Waals surface area contributed by atoms with Crippen molar-refractivity contribution < 1.29 is 5.11 Å². The average molecular weight is 210 g/mol. The molecule has 0 aliphatic rings. The first-order valence-corrected chi connectivity index (χ1v) is 5.18. The van der Waals surface area contributed by atoms with E-state index in [9.17, 15) is 0 Å². The predicted molar refractivity (Wildman–Crippen MR) is 60.6 cm³/mol. The molecule has 0 bridgehead atoms. The maximum absolute atomic E-state index is 8.60. The highest BCUT2D eigenvalue weighted by atomic mass is 16.2. The number of nitrogens with one attached hydrogen (secondary N) is 1. The van der Waals surface area contributed by atoms with Crippen LogP contribution >= 0.6 is 0 Å². The molecule has 15 heavy (non-hydrogen) atoms. The fourth-order valence-corrected chi connectivity index (χ4v) is 1.31. The van der Waals surface area contributed by atoms with E-state index in [1.54, 1.807) is 6.07 Å². The second-order valence-corrected chi connectivity index (χ2v) is 3.44. The van der Waals surface area contributed by atoms with Gasteiger partial charge < -0.3 is 16.2 Å². The fourth-order valence-electron chi connectivity index (χ4n) is 1.31. The summed E-state index contributed by atoms with van der Waals surface area (Å²) < 4.78 is 0. The standard InChI is InChI=1S/C10H18N4O/c1-8-13-9(11)7-10(14-8)12-5-3-2-4-6-15/h7,15H,2-6H2,1H3,(H3,11,12,13,14). The Bertz CT molecular complexity index is 283. The molecule has 0 aromatic carbocycles. The van der Waals surface area contributed by atoms with E-state index in [1.165, 1.54) is 0 Å². The lowest BCUT2D eigenvalue weighted by molar-refractivity contribution is 0.283. The van der Waals surface area contributed by atoms with Crippen LogP contribution in [0.3, 0.4) is 0 Å². The molecule has 0 spiro atoms. The SMILES string of the molecule is Cc1nc(N)cc(NCCCCCO)n1. The van der Waals surface area contributed by atoms with E-state index in [-0.39, 0.29) is 6.61 Å². The topological polar surface area (TPSA) is 84.1 Å². The van der Waals surface area contributed by atoms with Crippen LogP contribution in [0, 0.1) is 6.92 Å². The number of hydrogen-bond acceptors (Lipinski definition) is 5. The van der Waals surface area contributed by atoms with Gasteiger partial charge in [-0.05, 0) is 26.2 Å². The first kappa shape index (κ1) is 11.7. The van der Waals surface area contributed by atoms with E-state index in [1.807, 2.05) is 6.92 Å². The van der Waals surface area contributed by atoms with E-state index in [2.05, 4.69) is 15.3 Å². The lowest BCUT2D eigenvalue weighted by atomic mass is 10.2. The van der Waals surface area contributed by atoms with Gasteiger partial charge in [-0.3, -0.25) is 0 Å². The second-order valence-electron chi connectivity index (χ2n) is 3.44. The molecule has 5 nitrogen and oxygen atoms in total. The van der Waals surface area contributed by atoms with E-state index in [0.717, 1.165) is 31.6 Å². The van der Waals surface area contributed by atoms with Crippen LogP contribution in [0.4, 0.5) is 11.6 Å². The van der Waals surface area contributed by atoms with Gasteiger partial charge in [-0.2, -0.15) is 0 Å². The van der Waals surface area contributed by atoms with Gasteiger partial charge in [0.1, 0.15) is 17.5 Å². The maximum Gasteiger partial charge on any atom is 0.131 e. The minimum absolute atomic E-state index is 0.263. The molecule has 0 saturated heterocycles. The lowest BCUT2D eigenvalue weighted by Crippen LogP contribution is -2.06. The van der Waals surface area contributed by atoms with Gasteiger partial charge in [0.05, 0.1) is 0 Å². The Balaban J connectivity index is 2.31. The van der Waals surface area contributed by atoms with Crippen molar-refractivity contribution in [3.05, 3.63) is 11.9 Å². The Kier molecular flexibility index (Phi) is 4.83. The number of hydrogen-bond donors (Lipinski definition) is 3. The lowest BCUT2D eigenvalue weighted by Gasteiger charge is -2.06. The monoisotopic (exact) mass is 210 g/mol. The van der Waals surface area contributed by atoms with Crippen LogP contribution in [0.15, 0.2) is 6.07 Å². The largest absolute Gasteiger partial charge is 0.396 e. The number of aromatic nitrogens is 2. The Morgan fingerprint density at radius 3 is 2.80 bits per heavy atom. The number of aliphatic hydroxyl groups excluding tert-OH is 1. The molecule has 0 radical (unpaired) electrons. The summed E-state index contributed by atoms with van der Waals surface area (Å²) >= 11 is 0. The van der Waals surface area contributed by atoms with Crippen LogP contribution in [0.2, 0.25) is 0 Å². The van der Waals surface area contributed by atoms with Crippen molar-refractivity contribution in [2.75, 3.05) is 24.2 Å². The summed E-state index contributed by atoms with van der Waals surface area (Å²) in [5.41, 5.74) is 5.59. The molecule has 1 aromatic rings. The summed E-state index contributed by atoms with van der Waals surface area (Å²) in [5, 5.41) is 11.8. The van der Waals surface area contributed by atoms with Crippen molar-refractivity contribution in [3.63, 3.8) is 0 Å². The zero-order valence-electron chi connectivity index (χ0n) is 9.03. The molecule has 0 aliphatic carbocycles. The van der Waals surface area contributed by atoms with E-state index < -0.39 is 0 Å². The summed E-state index contributed by atoms with van der Waals surface area (Å²) in [5.74, 6) is 1.93. The fraction of sp³-hybridized carbons (Fsp3) is 0.600. The molecule has 1 aromatic heterocycles. The minimum Gasteiger partial charge on any atom is -0.396 e. The van der Waals surface area contributed by atoms with Crippen molar-refractivity contribution >= 4 is 11.6 Å². The van der Waals surface area contributed by atoms with Gasteiger partial charge in [-0.25, -0.2) is 9.97 Å². The summed E-state index contributed by atoms with van der Waals surface area (Å²) in [6.07, 6.45) is 2.89. The highest BCUT2D eigenvalue weighted by Gasteiger charge is 1.97. The van der Waals surface area contributed by atoms with Crippen molar-refractivity contribution in [1.82, 2.24) is 9.97 Å². The summed E-state index contributed by atoms with van der Waals surface area (Å²) in [6, 6.07) is 1.72. The molecule has 1 heterocycles. The smallest absolute Gasteiger partial charge is 0.131 e. The van der Waals surface area contributed by atoms with Gasteiger partial charge in [-0.15, -0.1) is 0 Å². The Morgan fingerprint density at radius 1 is 1.33 bits per heavy atom. The van der Waals surface area contributed by atoms with Crippen molar-refractivity contribution in [2.24, 2.45) is 0 Å². The molecule has 0 atom stereocenters. The second kappa shape index (κ2) is 6.19. The molecule has 1 rings (SSSR count). The summed E-state index contributed by atoms with van der Waals surface area (Å²) in [6.45, 7) is 2.92. The van der Waals surface area contributed by atoms with Crippen molar-refractivity contribution in [3.8, 4) is 0 Å². The number of aliphatic hydroxyl groups is 1. The molecule has 0 fully saturated rings. The molecule has 0 saturated carbocycles. The number of nitrogen functional groups attached to an aromatic ring is 1. The zero-order valence-corrected chi connectivity index (χ0v) is 9.03. The van der Waals surface area contributed by atoms with E-state index >= 15 is 0 Å².